The van der Waals surface area contributed by atoms with Crippen LogP contribution < -0.4 is 11.1 Å². The fraction of sp³-hybridized carbons (Fsp3) is 0.667. The van der Waals surface area contributed by atoms with Gasteiger partial charge in [-0.1, -0.05) is 18.2 Å². The molecule has 0 saturated heterocycles. The molecular formula is C18H28N2. The van der Waals surface area contributed by atoms with E-state index in [4.69, 9.17) is 5.73 Å². The van der Waals surface area contributed by atoms with E-state index in [0.29, 0.717) is 12.6 Å². The van der Waals surface area contributed by atoms with Gasteiger partial charge in [0.25, 0.3) is 0 Å². The summed E-state index contributed by atoms with van der Waals surface area (Å²) in [5.41, 5.74) is 10.2. The predicted octanol–water partition coefficient (Wildman–Crippen LogP) is 3.33. The van der Waals surface area contributed by atoms with E-state index in [1.165, 1.54) is 42.4 Å². The largest absolute Gasteiger partial charge is 0.329 e. The molecule has 1 aromatic carbocycles. The Labute approximate surface area is 123 Å². The van der Waals surface area contributed by atoms with Crippen LogP contribution in [0.25, 0.3) is 0 Å². The third kappa shape index (κ3) is 3.07. The zero-order valence-corrected chi connectivity index (χ0v) is 12.9. The molecule has 1 atom stereocenters. The van der Waals surface area contributed by atoms with Crippen molar-refractivity contribution in [3.63, 3.8) is 0 Å². The summed E-state index contributed by atoms with van der Waals surface area (Å²) in [4.78, 5) is 0. The van der Waals surface area contributed by atoms with Gasteiger partial charge >= 0.3 is 0 Å². The first-order valence-corrected chi connectivity index (χ1v) is 8.20. The summed E-state index contributed by atoms with van der Waals surface area (Å²) < 4.78 is 0. The van der Waals surface area contributed by atoms with Crippen molar-refractivity contribution in [2.75, 3.05) is 13.1 Å². The standard InChI is InChI=1S/C18H28N2/c1-12-4-3-5-13(2)18(12)17(10-19)20-11-16(14-6-7-14)15-8-9-15/h3-5,14-17,20H,6-11,19H2,1-2H3. The highest BCUT2D eigenvalue weighted by atomic mass is 14.9. The Hall–Kier alpha value is -0.860. The first-order chi connectivity index (χ1) is 9.70. The average Bonchev–Trinajstić information content (AvgIpc) is 3.29. The molecule has 0 heterocycles. The van der Waals surface area contributed by atoms with Crippen molar-refractivity contribution in [2.45, 2.75) is 45.6 Å². The molecule has 2 aliphatic carbocycles. The van der Waals surface area contributed by atoms with Crippen LogP contribution in [-0.2, 0) is 0 Å². The van der Waals surface area contributed by atoms with Gasteiger partial charge < -0.3 is 11.1 Å². The van der Waals surface area contributed by atoms with Crippen LogP contribution in [0.2, 0.25) is 0 Å². The van der Waals surface area contributed by atoms with E-state index < -0.39 is 0 Å². The minimum Gasteiger partial charge on any atom is -0.329 e. The number of rotatable bonds is 7. The topological polar surface area (TPSA) is 38.0 Å². The molecule has 20 heavy (non-hydrogen) atoms. The van der Waals surface area contributed by atoms with E-state index in [-0.39, 0.29) is 0 Å². The van der Waals surface area contributed by atoms with Crippen LogP contribution in [0, 0.1) is 31.6 Å². The third-order valence-corrected chi connectivity index (χ3v) is 5.18. The zero-order chi connectivity index (χ0) is 14.1. The summed E-state index contributed by atoms with van der Waals surface area (Å²) in [7, 11) is 0. The van der Waals surface area contributed by atoms with E-state index in [2.05, 4.69) is 37.4 Å². The highest BCUT2D eigenvalue weighted by molar-refractivity contribution is 5.36. The molecule has 110 valence electrons. The third-order valence-electron chi connectivity index (χ3n) is 5.18. The van der Waals surface area contributed by atoms with Crippen LogP contribution in [0.1, 0.15) is 48.4 Å². The fourth-order valence-electron chi connectivity index (χ4n) is 3.73. The van der Waals surface area contributed by atoms with Gasteiger partial charge in [0.15, 0.2) is 0 Å². The Kier molecular flexibility index (Phi) is 4.13. The molecule has 2 aliphatic rings. The Balaban J connectivity index is 1.67. The summed E-state index contributed by atoms with van der Waals surface area (Å²) in [5, 5.41) is 3.79. The minimum atomic E-state index is 0.316. The lowest BCUT2D eigenvalue weighted by Crippen LogP contribution is -2.34. The van der Waals surface area contributed by atoms with Crippen LogP contribution in [-0.4, -0.2) is 13.1 Å². The molecule has 3 N–H and O–H groups in total. The fourth-order valence-corrected chi connectivity index (χ4v) is 3.73. The molecule has 0 spiro atoms. The van der Waals surface area contributed by atoms with Gasteiger partial charge in [0, 0.05) is 12.6 Å². The van der Waals surface area contributed by atoms with Crippen LogP contribution in [0.4, 0.5) is 0 Å². The van der Waals surface area contributed by atoms with E-state index in [9.17, 15) is 0 Å². The van der Waals surface area contributed by atoms with Crippen molar-refractivity contribution >= 4 is 0 Å². The Morgan fingerprint density at radius 3 is 2.10 bits per heavy atom. The van der Waals surface area contributed by atoms with Gasteiger partial charge in [-0.05, 0) is 80.5 Å². The second-order valence-electron chi connectivity index (χ2n) is 6.84. The van der Waals surface area contributed by atoms with Gasteiger partial charge in [-0.15, -0.1) is 0 Å². The van der Waals surface area contributed by atoms with Crippen LogP contribution >= 0.6 is 0 Å². The van der Waals surface area contributed by atoms with Gasteiger partial charge in [-0.2, -0.15) is 0 Å². The molecule has 2 heteroatoms. The lowest BCUT2D eigenvalue weighted by atomic mass is 9.94. The monoisotopic (exact) mass is 272 g/mol. The van der Waals surface area contributed by atoms with Gasteiger partial charge in [0.2, 0.25) is 0 Å². The smallest absolute Gasteiger partial charge is 0.0449 e. The van der Waals surface area contributed by atoms with Crippen LogP contribution in [0.15, 0.2) is 18.2 Å². The summed E-state index contributed by atoms with van der Waals surface area (Å²) in [5.74, 6) is 2.92. The Morgan fingerprint density at radius 1 is 1.10 bits per heavy atom. The molecule has 0 bridgehead atoms. The van der Waals surface area contributed by atoms with Gasteiger partial charge in [0.1, 0.15) is 0 Å². The number of aryl methyl sites for hydroxylation is 2. The molecule has 0 aliphatic heterocycles. The highest BCUT2D eigenvalue weighted by Crippen LogP contribution is 2.49. The molecule has 0 amide bonds. The van der Waals surface area contributed by atoms with E-state index in [1.807, 2.05) is 0 Å². The van der Waals surface area contributed by atoms with E-state index in [0.717, 1.165) is 24.3 Å². The summed E-state index contributed by atoms with van der Waals surface area (Å²) in [6, 6.07) is 6.85. The Morgan fingerprint density at radius 2 is 1.65 bits per heavy atom. The highest BCUT2D eigenvalue weighted by Gasteiger charge is 2.41. The SMILES string of the molecule is Cc1cccc(C)c1C(CN)NCC(C1CC1)C1CC1. The zero-order valence-electron chi connectivity index (χ0n) is 12.9. The Bertz CT molecular complexity index is 428. The normalized spacial score (nSPS) is 20.4. The molecule has 1 aromatic rings. The van der Waals surface area contributed by atoms with Gasteiger partial charge in [-0.25, -0.2) is 0 Å². The van der Waals surface area contributed by atoms with Crippen molar-refractivity contribution in [3.05, 3.63) is 34.9 Å². The predicted molar refractivity (Wildman–Crippen MR) is 84.7 cm³/mol. The lowest BCUT2D eigenvalue weighted by molar-refractivity contribution is 0.357. The number of nitrogens with one attached hydrogen (secondary N) is 1. The van der Waals surface area contributed by atoms with Crippen molar-refractivity contribution in [2.24, 2.45) is 23.5 Å². The van der Waals surface area contributed by atoms with Crippen molar-refractivity contribution in [1.82, 2.24) is 5.32 Å². The number of nitrogens with two attached hydrogens (primary N) is 1. The van der Waals surface area contributed by atoms with E-state index >= 15 is 0 Å². The first-order valence-electron chi connectivity index (χ1n) is 8.20. The van der Waals surface area contributed by atoms with Gasteiger partial charge in [0.05, 0.1) is 0 Å². The lowest BCUT2D eigenvalue weighted by Gasteiger charge is -2.25. The van der Waals surface area contributed by atoms with Crippen molar-refractivity contribution in [3.8, 4) is 0 Å². The number of hydrogen-bond acceptors (Lipinski definition) is 2. The average molecular weight is 272 g/mol. The molecule has 3 rings (SSSR count). The molecular weight excluding hydrogens is 244 g/mol. The number of benzene rings is 1. The molecule has 0 aromatic heterocycles. The number of hydrogen-bond donors (Lipinski definition) is 2. The van der Waals surface area contributed by atoms with Crippen LogP contribution in [0.5, 0.6) is 0 Å². The van der Waals surface area contributed by atoms with E-state index in [1.54, 1.807) is 0 Å². The van der Waals surface area contributed by atoms with Crippen LogP contribution in [0.3, 0.4) is 0 Å². The maximum Gasteiger partial charge on any atom is 0.0449 e. The summed E-state index contributed by atoms with van der Waals surface area (Å²) >= 11 is 0. The van der Waals surface area contributed by atoms with Crippen molar-refractivity contribution < 1.29 is 0 Å². The summed E-state index contributed by atoms with van der Waals surface area (Å²) in [6.45, 7) is 6.25. The minimum absolute atomic E-state index is 0.316. The first kappa shape index (κ1) is 14.1. The maximum atomic E-state index is 6.05. The molecule has 2 saturated carbocycles. The quantitative estimate of drug-likeness (QED) is 0.799. The molecule has 2 nitrogen and oxygen atoms in total. The molecule has 0 radical (unpaired) electrons. The van der Waals surface area contributed by atoms with Gasteiger partial charge in [-0.3, -0.25) is 0 Å². The van der Waals surface area contributed by atoms with Crippen molar-refractivity contribution in [1.29, 1.82) is 0 Å². The molecule has 2 fully saturated rings. The molecule has 1 unspecified atom stereocenters. The second kappa shape index (κ2) is 5.87. The maximum absolute atomic E-state index is 6.05. The summed E-state index contributed by atoms with van der Waals surface area (Å²) in [6.07, 6.45) is 5.83. The second-order valence-corrected chi connectivity index (χ2v) is 6.84.